The Morgan fingerprint density at radius 3 is 2.73 bits per heavy atom. The van der Waals surface area contributed by atoms with Crippen LogP contribution in [0.4, 0.5) is 5.82 Å². The van der Waals surface area contributed by atoms with Gasteiger partial charge in [0.1, 0.15) is 12.1 Å². The van der Waals surface area contributed by atoms with Crippen LogP contribution in [-0.4, -0.2) is 28.9 Å². The van der Waals surface area contributed by atoms with E-state index in [4.69, 9.17) is 0 Å². The van der Waals surface area contributed by atoms with Crippen molar-refractivity contribution < 1.29 is 0 Å². The van der Waals surface area contributed by atoms with Crippen molar-refractivity contribution >= 4 is 21.7 Å². The Bertz CT molecular complexity index is 291. The van der Waals surface area contributed by atoms with E-state index in [1.807, 2.05) is 13.0 Å². The number of anilines is 1. The fourth-order valence-electron chi connectivity index (χ4n) is 1.38. The highest BCUT2D eigenvalue weighted by atomic mass is 79.9. The number of alkyl halides is 1. The van der Waals surface area contributed by atoms with Gasteiger partial charge in [-0.2, -0.15) is 0 Å². The summed E-state index contributed by atoms with van der Waals surface area (Å²) in [6.45, 7) is 3.05. The molecule has 15 heavy (non-hydrogen) atoms. The molecule has 1 aromatic rings. The first-order valence-electron chi connectivity index (χ1n) is 5.30. The quantitative estimate of drug-likeness (QED) is 0.589. The van der Waals surface area contributed by atoms with Crippen molar-refractivity contribution in [3.63, 3.8) is 0 Å². The fraction of sp³-hybridized carbons (Fsp3) is 0.636. The van der Waals surface area contributed by atoms with E-state index in [0.29, 0.717) is 0 Å². The second-order valence-electron chi connectivity index (χ2n) is 3.69. The Hall–Kier alpha value is -0.640. The number of rotatable bonds is 6. The molecule has 1 rings (SSSR count). The van der Waals surface area contributed by atoms with Gasteiger partial charge in [0.2, 0.25) is 0 Å². The first-order valence-corrected chi connectivity index (χ1v) is 6.42. The molecule has 0 aliphatic heterocycles. The minimum Gasteiger partial charge on any atom is -0.360 e. The molecule has 0 atom stereocenters. The first kappa shape index (κ1) is 12.4. The lowest BCUT2D eigenvalue weighted by Gasteiger charge is -2.17. The Morgan fingerprint density at radius 1 is 1.27 bits per heavy atom. The Morgan fingerprint density at radius 2 is 2.07 bits per heavy atom. The molecule has 0 bridgehead atoms. The molecule has 0 radical (unpaired) electrons. The smallest absolute Gasteiger partial charge is 0.131 e. The molecule has 0 aliphatic rings. The number of nitrogens with zero attached hydrogens (tertiary/aromatic N) is 3. The third-order valence-corrected chi connectivity index (χ3v) is 2.87. The lowest BCUT2D eigenvalue weighted by molar-refractivity contribution is 0.706. The topological polar surface area (TPSA) is 29.0 Å². The largest absolute Gasteiger partial charge is 0.360 e. The van der Waals surface area contributed by atoms with Gasteiger partial charge in [0, 0.05) is 30.7 Å². The number of unbranched alkanes of at least 4 members (excludes halogenated alkanes) is 2. The molecule has 0 N–H and O–H groups in total. The fourth-order valence-corrected chi connectivity index (χ4v) is 1.78. The molecule has 4 heteroatoms. The SMILES string of the molecule is Cc1cc(N(C)CCCCCBr)ncn1. The average molecular weight is 272 g/mol. The van der Waals surface area contributed by atoms with E-state index in [2.05, 4.69) is 37.8 Å². The summed E-state index contributed by atoms with van der Waals surface area (Å²) in [7, 11) is 2.08. The predicted molar refractivity (Wildman–Crippen MR) is 67.7 cm³/mol. The van der Waals surface area contributed by atoms with Crippen LogP contribution >= 0.6 is 15.9 Å². The number of aryl methyl sites for hydroxylation is 1. The van der Waals surface area contributed by atoms with Gasteiger partial charge in [0.15, 0.2) is 0 Å². The van der Waals surface area contributed by atoms with Gasteiger partial charge in [-0.15, -0.1) is 0 Å². The predicted octanol–water partition coefficient (Wildman–Crippen LogP) is 2.79. The van der Waals surface area contributed by atoms with Gasteiger partial charge in [-0.1, -0.05) is 22.4 Å². The standard InChI is InChI=1S/C11H18BrN3/c1-10-8-11(14-9-13-10)15(2)7-5-3-4-6-12/h8-9H,3-7H2,1-2H3. The molecular weight excluding hydrogens is 254 g/mol. The molecular formula is C11H18BrN3. The Balaban J connectivity index is 2.36. The van der Waals surface area contributed by atoms with Gasteiger partial charge in [-0.3, -0.25) is 0 Å². The Labute approximate surface area is 100 Å². The van der Waals surface area contributed by atoms with E-state index in [9.17, 15) is 0 Å². The minimum atomic E-state index is 1.02. The second kappa shape index (κ2) is 6.77. The van der Waals surface area contributed by atoms with Crippen LogP contribution in [0.5, 0.6) is 0 Å². The van der Waals surface area contributed by atoms with Gasteiger partial charge in [0.25, 0.3) is 0 Å². The van der Waals surface area contributed by atoms with Crippen LogP contribution in [0.1, 0.15) is 25.0 Å². The van der Waals surface area contributed by atoms with Crippen molar-refractivity contribution in [2.24, 2.45) is 0 Å². The summed E-state index contributed by atoms with van der Waals surface area (Å²) in [5.41, 5.74) is 1.02. The van der Waals surface area contributed by atoms with Crippen LogP contribution < -0.4 is 4.90 Å². The molecule has 1 aromatic heterocycles. The summed E-state index contributed by atoms with van der Waals surface area (Å²) in [5.74, 6) is 1.02. The summed E-state index contributed by atoms with van der Waals surface area (Å²) in [4.78, 5) is 10.5. The maximum Gasteiger partial charge on any atom is 0.131 e. The molecule has 0 saturated carbocycles. The molecule has 84 valence electrons. The monoisotopic (exact) mass is 271 g/mol. The summed E-state index contributed by atoms with van der Waals surface area (Å²) >= 11 is 3.44. The lowest BCUT2D eigenvalue weighted by Crippen LogP contribution is -2.19. The van der Waals surface area contributed by atoms with E-state index in [1.165, 1.54) is 19.3 Å². The van der Waals surface area contributed by atoms with E-state index in [0.717, 1.165) is 23.4 Å². The average Bonchev–Trinajstić information content (AvgIpc) is 2.24. The van der Waals surface area contributed by atoms with Gasteiger partial charge in [-0.05, 0) is 19.8 Å². The summed E-state index contributed by atoms with van der Waals surface area (Å²) in [6, 6.07) is 2.02. The van der Waals surface area contributed by atoms with Crippen molar-refractivity contribution in [2.75, 3.05) is 23.8 Å². The molecule has 0 aliphatic carbocycles. The van der Waals surface area contributed by atoms with E-state index < -0.39 is 0 Å². The molecule has 0 aromatic carbocycles. The third-order valence-electron chi connectivity index (χ3n) is 2.31. The normalized spacial score (nSPS) is 10.3. The van der Waals surface area contributed by atoms with E-state index in [1.54, 1.807) is 6.33 Å². The Kier molecular flexibility index (Phi) is 5.61. The van der Waals surface area contributed by atoms with Crippen molar-refractivity contribution in [2.45, 2.75) is 26.2 Å². The van der Waals surface area contributed by atoms with Crippen LogP contribution in [0.3, 0.4) is 0 Å². The maximum atomic E-state index is 4.24. The van der Waals surface area contributed by atoms with E-state index in [-0.39, 0.29) is 0 Å². The molecule has 0 amide bonds. The highest BCUT2D eigenvalue weighted by Crippen LogP contribution is 2.09. The zero-order valence-corrected chi connectivity index (χ0v) is 11.0. The number of aromatic nitrogens is 2. The molecule has 0 saturated heterocycles. The van der Waals surface area contributed by atoms with Crippen LogP contribution in [0.25, 0.3) is 0 Å². The van der Waals surface area contributed by atoms with Gasteiger partial charge in [-0.25, -0.2) is 9.97 Å². The number of halogens is 1. The zero-order chi connectivity index (χ0) is 11.1. The van der Waals surface area contributed by atoms with Crippen molar-refractivity contribution in [1.29, 1.82) is 0 Å². The van der Waals surface area contributed by atoms with Crippen LogP contribution in [0.15, 0.2) is 12.4 Å². The molecule has 0 fully saturated rings. The van der Waals surface area contributed by atoms with Gasteiger partial charge >= 0.3 is 0 Å². The summed E-state index contributed by atoms with van der Waals surface area (Å²) in [5, 5.41) is 1.10. The number of hydrogen-bond acceptors (Lipinski definition) is 3. The van der Waals surface area contributed by atoms with Crippen LogP contribution in [-0.2, 0) is 0 Å². The molecule has 3 nitrogen and oxygen atoms in total. The maximum absolute atomic E-state index is 4.24. The van der Waals surface area contributed by atoms with Gasteiger partial charge in [0.05, 0.1) is 0 Å². The molecule has 0 unspecified atom stereocenters. The second-order valence-corrected chi connectivity index (χ2v) is 4.48. The van der Waals surface area contributed by atoms with Crippen molar-refractivity contribution in [3.8, 4) is 0 Å². The van der Waals surface area contributed by atoms with Crippen molar-refractivity contribution in [1.82, 2.24) is 9.97 Å². The summed E-state index contributed by atoms with van der Waals surface area (Å²) < 4.78 is 0. The van der Waals surface area contributed by atoms with Crippen molar-refractivity contribution in [3.05, 3.63) is 18.1 Å². The van der Waals surface area contributed by atoms with Crippen LogP contribution in [0, 0.1) is 6.92 Å². The highest BCUT2D eigenvalue weighted by Gasteiger charge is 2.01. The first-order chi connectivity index (χ1) is 7.24. The zero-order valence-electron chi connectivity index (χ0n) is 9.41. The highest BCUT2D eigenvalue weighted by molar-refractivity contribution is 9.09. The lowest BCUT2D eigenvalue weighted by atomic mass is 10.2. The van der Waals surface area contributed by atoms with Gasteiger partial charge < -0.3 is 4.90 Å². The molecule has 1 heterocycles. The third kappa shape index (κ3) is 4.60. The van der Waals surface area contributed by atoms with Crippen LogP contribution in [0.2, 0.25) is 0 Å². The minimum absolute atomic E-state index is 1.02. The summed E-state index contributed by atoms with van der Waals surface area (Å²) in [6.07, 6.45) is 5.35. The molecule has 0 spiro atoms. The number of hydrogen-bond donors (Lipinski definition) is 0. The van der Waals surface area contributed by atoms with E-state index >= 15 is 0 Å².